The van der Waals surface area contributed by atoms with Gasteiger partial charge in [0.15, 0.2) is 11.3 Å². The zero-order chi connectivity index (χ0) is 30.5. The fourth-order valence-corrected chi connectivity index (χ4v) is 6.17. The van der Waals surface area contributed by atoms with E-state index in [9.17, 15) is 18.0 Å². The van der Waals surface area contributed by atoms with E-state index >= 15 is 0 Å². The van der Waals surface area contributed by atoms with E-state index in [4.69, 9.17) is 9.47 Å². The number of anilines is 1. The van der Waals surface area contributed by atoms with Crippen molar-refractivity contribution in [3.63, 3.8) is 0 Å². The summed E-state index contributed by atoms with van der Waals surface area (Å²) in [4.78, 5) is 31.5. The minimum atomic E-state index is -4.97. The molecule has 0 amide bonds. The van der Waals surface area contributed by atoms with Gasteiger partial charge in [-0.1, -0.05) is 24.3 Å². The number of halogens is 3. The third-order valence-corrected chi connectivity index (χ3v) is 8.37. The normalized spacial score (nSPS) is 21.6. The van der Waals surface area contributed by atoms with Gasteiger partial charge in [0, 0.05) is 42.7 Å². The van der Waals surface area contributed by atoms with Crippen LogP contribution in [0, 0.1) is 0 Å². The Morgan fingerprint density at radius 1 is 1.05 bits per heavy atom. The minimum absolute atomic E-state index is 0.0132. The Kier molecular flexibility index (Phi) is 7.63. The van der Waals surface area contributed by atoms with Gasteiger partial charge in [-0.25, -0.2) is 4.98 Å². The number of alkyl halides is 3. The number of hydrogen-bond donors (Lipinski definition) is 1. The van der Waals surface area contributed by atoms with E-state index in [1.54, 1.807) is 30.3 Å². The van der Waals surface area contributed by atoms with Gasteiger partial charge in [-0.3, -0.25) is 9.36 Å². The van der Waals surface area contributed by atoms with Crippen molar-refractivity contribution in [2.45, 2.75) is 51.0 Å². The summed E-state index contributed by atoms with van der Waals surface area (Å²) in [6.45, 7) is 6.28. The van der Waals surface area contributed by atoms with Gasteiger partial charge < -0.3 is 24.6 Å². The van der Waals surface area contributed by atoms with E-state index in [-0.39, 0.29) is 53.3 Å². The first kappa shape index (κ1) is 29.1. The highest BCUT2D eigenvalue weighted by molar-refractivity contribution is 5.93. The molecule has 2 aliphatic heterocycles. The van der Waals surface area contributed by atoms with Gasteiger partial charge in [-0.2, -0.15) is 23.1 Å². The van der Waals surface area contributed by atoms with Crippen molar-refractivity contribution in [1.29, 1.82) is 0 Å². The molecule has 228 valence electrons. The first-order valence-corrected chi connectivity index (χ1v) is 14.4. The third kappa shape index (κ3) is 5.35. The van der Waals surface area contributed by atoms with Crippen LogP contribution in [-0.2, 0) is 6.18 Å². The van der Waals surface area contributed by atoms with Crippen molar-refractivity contribution in [1.82, 2.24) is 29.7 Å². The molecule has 0 spiro atoms. The molecule has 4 heterocycles. The molecule has 10 nitrogen and oxygen atoms in total. The lowest BCUT2D eigenvalue weighted by Gasteiger charge is -2.40. The molecule has 2 aromatic heterocycles. The number of likely N-dealkylation sites (tertiary alicyclic amines) is 1. The number of piperazine rings is 1. The lowest BCUT2D eigenvalue weighted by Crippen LogP contribution is -2.55. The van der Waals surface area contributed by atoms with Crippen LogP contribution in [0.15, 0.2) is 41.2 Å². The van der Waals surface area contributed by atoms with E-state index in [1.807, 2.05) is 25.8 Å². The minimum Gasteiger partial charge on any atom is -0.497 e. The lowest BCUT2D eigenvalue weighted by molar-refractivity contribution is -0.146. The largest absolute Gasteiger partial charge is 0.497 e. The zero-order valence-corrected chi connectivity index (χ0v) is 24.5. The lowest BCUT2D eigenvalue weighted by atomic mass is 10.1. The van der Waals surface area contributed by atoms with Gasteiger partial charge >= 0.3 is 12.2 Å². The number of fused-ring (bicyclic) bond motifs is 2. The Morgan fingerprint density at radius 2 is 1.79 bits per heavy atom. The van der Waals surface area contributed by atoms with E-state index in [2.05, 4.69) is 25.2 Å². The molecule has 43 heavy (non-hydrogen) atoms. The molecule has 3 atom stereocenters. The smallest absolute Gasteiger partial charge is 0.450 e. The maximum atomic E-state index is 14.8. The number of nitrogens with zero attached hydrogens (tertiary/aromatic N) is 6. The second-order valence-electron chi connectivity index (χ2n) is 11.3. The fraction of sp³-hybridized carbons (Fsp3) is 0.467. The summed E-state index contributed by atoms with van der Waals surface area (Å²) in [5, 5.41) is 4.35. The number of ether oxygens (including phenoxy) is 2. The second kappa shape index (κ2) is 11.3. The Bertz CT molecular complexity index is 1720. The molecule has 1 unspecified atom stereocenters. The maximum Gasteiger partial charge on any atom is 0.450 e. The summed E-state index contributed by atoms with van der Waals surface area (Å²) < 4.78 is 56.5. The summed E-state index contributed by atoms with van der Waals surface area (Å²) in [5.41, 5.74) is -1.46. The molecular formula is C30H34F3N7O3. The van der Waals surface area contributed by atoms with Gasteiger partial charge in [0.1, 0.15) is 17.9 Å². The highest BCUT2D eigenvalue weighted by Crippen LogP contribution is 2.36. The summed E-state index contributed by atoms with van der Waals surface area (Å²) in [5.74, 6) is -0.929. The van der Waals surface area contributed by atoms with Crippen LogP contribution in [0.1, 0.15) is 32.5 Å². The van der Waals surface area contributed by atoms with Crippen molar-refractivity contribution < 1.29 is 22.6 Å². The molecule has 2 aliphatic rings. The number of benzene rings is 2. The van der Waals surface area contributed by atoms with Crippen LogP contribution in [0.5, 0.6) is 11.8 Å². The van der Waals surface area contributed by atoms with Crippen LogP contribution < -0.4 is 25.2 Å². The summed E-state index contributed by atoms with van der Waals surface area (Å²) in [6, 6.07) is 9.76. The number of likely N-dealkylation sites (N-methyl/N-ethyl adjacent to an activating group) is 1. The van der Waals surface area contributed by atoms with Crippen molar-refractivity contribution in [2.24, 2.45) is 0 Å². The monoisotopic (exact) mass is 597 g/mol. The van der Waals surface area contributed by atoms with E-state index in [0.717, 1.165) is 19.4 Å². The molecule has 4 aromatic rings. The van der Waals surface area contributed by atoms with Crippen LogP contribution in [0.4, 0.5) is 19.0 Å². The SMILES string of the molecule is COc1cc(-n2c(C(F)(F)F)nc3c(N4[C@@H](C)CNC[C@@H]4C)nc(OCC4CCCN4C)nc3c2=O)c2ccccc2c1. The molecule has 2 fully saturated rings. The van der Waals surface area contributed by atoms with Crippen molar-refractivity contribution in [3.05, 3.63) is 52.6 Å². The van der Waals surface area contributed by atoms with E-state index in [0.29, 0.717) is 34.2 Å². The Labute approximate surface area is 246 Å². The molecule has 6 rings (SSSR count). The number of rotatable bonds is 6. The predicted molar refractivity (Wildman–Crippen MR) is 157 cm³/mol. The quantitative estimate of drug-likeness (QED) is 0.354. The van der Waals surface area contributed by atoms with Crippen molar-refractivity contribution in [2.75, 3.05) is 45.3 Å². The molecule has 1 N–H and O–H groups in total. The first-order valence-electron chi connectivity index (χ1n) is 14.4. The van der Waals surface area contributed by atoms with Crippen LogP contribution in [-0.4, -0.2) is 82.9 Å². The Balaban J connectivity index is 1.64. The number of methoxy groups -OCH3 is 1. The average Bonchev–Trinajstić information content (AvgIpc) is 3.39. The first-order chi connectivity index (χ1) is 20.6. The summed E-state index contributed by atoms with van der Waals surface area (Å²) in [7, 11) is 3.43. The molecular weight excluding hydrogens is 563 g/mol. The molecule has 2 aromatic carbocycles. The van der Waals surface area contributed by atoms with Crippen LogP contribution >= 0.6 is 0 Å². The fourth-order valence-electron chi connectivity index (χ4n) is 6.17. The highest BCUT2D eigenvalue weighted by atomic mass is 19.4. The molecule has 0 saturated carbocycles. The van der Waals surface area contributed by atoms with Crippen molar-refractivity contribution >= 4 is 27.6 Å². The van der Waals surface area contributed by atoms with Gasteiger partial charge in [-0.15, -0.1) is 0 Å². The van der Waals surface area contributed by atoms with E-state index in [1.165, 1.54) is 13.2 Å². The highest BCUT2D eigenvalue weighted by Gasteiger charge is 2.40. The molecule has 2 saturated heterocycles. The number of nitrogens with one attached hydrogen (secondary N) is 1. The molecule has 0 aliphatic carbocycles. The third-order valence-electron chi connectivity index (χ3n) is 8.37. The Hall–Kier alpha value is -3.97. The molecule has 0 bridgehead atoms. The predicted octanol–water partition coefficient (Wildman–Crippen LogP) is 4.02. The van der Waals surface area contributed by atoms with Gasteiger partial charge in [0.2, 0.25) is 5.82 Å². The average molecular weight is 598 g/mol. The zero-order valence-electron chi connectivity index (χ0n) is 24.5. The number of hydrogen-bond acceptors (Lipinski definition) is 9. The number of aromatic nitrogens is 4. The van der Waals surface area contributed by atoms with Crippen LogP contribution in [0.2, 0.25) is 0 Å². The Morgan fingerprint density at radius 3 is 2.47 bits per heavy atom. The van der Waals surface area contributed by atoms with Gasteiger partial charge in [0.05, 0.1) is 12.8 Å². The maximum absolute atomic E-state index is 14.8. The second-order valence-corrected chi connectivity index (χ2v) is 11.3. The molecule has 0 radical (unpaired) electrons. The van der Waals surface area contributed by atoms with Crippen LogP contribution in [0.3, 0.4) is 0 Å². The summed E-state index contributed by atoms with van der Waals surface area (Å²) in [6.07, 6.45) is -3.00. The van der Waals surface area contributed by atoms with Crippen LogP contribution in [0.25, 0.3) is 27.5 Å². The van der Waals surface area contributed by atoms with E-state index < -0.39 is 17.6 Å². The van der Waals surface area contributed by atoms with Gasteiger partial charge in [0.25, 0.3) is 5.56 Å². The standard InChI is InChI=1S/C30H34F3N7O3/c1-17-14-34-15-18(2)39(17)26-24-25(36-29(37-26)43-16-20-9-7-11-38(20)3)27(41)40(28(35-24)30(31,32)33)23-13-21(42-4)12-19-8-5-6-10-22(19)23/h5-6,8,10,12-13,17-18,20,34H,7,9,11,14-16H2,1-4H3/t17-,18-,20?/m0/s1. The van der Waals surface area contributed by atoms with Gasteiger partial charge in [-0.05, 0) is 51.7 Å². The van der Waals surface area contributed by atoms with Crippen molar-refractivity contribution in [3.8, 4) is 17.4 Å². The summed E-state index contributed by atoms with van der Waals surface area (Å²) >= 11 is 0. The molecule has 13 heteroatoms. The topological polar surface area (TPSA) is 97.6 Å².